The molecule has 0 spiro atoms. The zero-order valence-electron chi connectivity index (χ0n) is 11.1. The van der Waals surface area contributed by atoms with Crippen LogP contribution in [0.5, 0.6) is 0 Å². The zero-order chi connectivity index (χ0) is 14.1. The molecule has 0 saturated carbocycles. The normalized spacial score (nSPS) is 14.0. The Hall–Kier alpha value is -1.04. The van der Waals surface area contributed by atoms with Crippen molar-refractivity contribution in [3.8, 4) is 0 Å². The van der Waals surface area contributed by atoms with Crippen molar-refractivity contribution in [3.05, 3.63) is 35.9 Å². The number of benzene rings is 1. The third kappa shape index (κ3) is 6.09. The first-order valence-corrected chi connectivity index (χ1v) is 7.72. The first kappa shape index (κ1) is 16.0. The van der Waals surface area contributed by atoms with Crippen LogP contribution in [0.25, 0.3) is 0 Å². The van der Waals surface area contributed by atoms with E-state index in [4.69, 9.17) is 5.11 Å². The molecule has 0 radical (unpaired) electrons. The highest BCUT2D eigenvalue weighted by atomic mass is 32.2. The molecule has 1 aromatic rings. The molecule has 5 heteroatoms. The lowest BCUT2D eigenvalue weighted by molar-refractivity contribution is -0.139. The third-order valence-electron chi connectivity index (χ3n) is 2.90. The van der Waals surface area contributed by atoms with Gasteiger partial charge in [0.25, 0.3) is 0 Å². The number of aliphatic hydroxyl groups is 1. The van der Waals surface area contributed by atoms with Crippen molar-refractivity contribution >= 4 is 17.7 Å². The second-order valence-corrected chi connectivity index (χ2v) is 5.33. The van der Waals surface area contributed by atoms with Crippen molar-refractivity contribution in [3.63, 3.8) is 0 Å². The Morgan fingerprint density at radius 1 is 1.32 bits per heavy atom. The maximum absolute atomic E-state index is 11.0. The number of aliphatic hydroxyl groups excluding tert-OH is 1. The van der Waals surface area contributed by atoms with Crippen molar-refractivity contribution in [1.82, 2.24) is 5.32 Å². The predicted molar refractivity (Wildman–Crippen MR) is 78.4 cm³/mol. The van der Waals surface area contributed by atoms with Crippen molar-refractivity contribution in [2.24, 2.45) is 0 Å². The Balaban J connectivity index is 2.33. The van der Waals surface area contributed by atoms with Crippen molar-refractivity contribution < 1.29 is 15.0 Å². The van der Waals surface area contributed by atoms with E-state index in [1.54, 1.807) is 11.8 Å². The van der Waals surface area contributed by atoms with E-state index < -0.39 is 18.1 Å². The SMILES string of the molecule is CSCC[C@@H](NCC[C@H](O)c1ccccc1)C(=O)O. The number of carboxylic acids is 1. The molecule has 0 fully saturated rings. The average Bonchev–Trinajstić information content (AvgIpc) is 2.43. The maximum Gasteiger partial charge on any atom is 0.320 e. The van der Waals surface area contributed by atoms with E-state index in [-0.39, 0.29) is 0 Å². The fourth-order valence-corrected chi connectivity index (χ4v) is 2.26. The molecule has 0 aliphatic heterocycles. The third-order valence-corrected chi connectivity index (χ3v) is 3.55. The largest absolute Gasteiger partial charge is 0.480 e. The van der Waals surface area contributed by atoms with Crippen LogP contribution in [0, 0.1) is 0 Å². The summed E-state index contributed by atoms with van der Waals surface area (Å²) in [6.07, 6.45) is 2.51. The number of nitrogens with one attached hydrogen (secondary N) is 1. The van der Waals surface area contributed by atoms with Gasteiger partial charge < -0.3 is 15.5 Å². The Morgan fingerprint density at radius 2 is 2.00 bits per heavy atom. The van der Waals surface area contributed by atoms with E-state index in [0.29, 0.717) is 19.4 Å². The number of carboxylic acid groups (broad SMARTS) is 1. The highest BCUT2D eigenvalue weighted by Crippen LogP contribution is 2.15. The summed E-state index contributed by atoms with van der Waals surface area (Å²) in [6.45, 7) is 0.488. The Kier molecular flexibility index (Phi) is 7.55. The van der Waals surface area contributed by atoms with Gasteiger partial charge in [0.1, 0.15) is 6.04 Å². The summed E-state index contributed by atoms with van der Waals surface area (Å²) < 4.78 is 0. The molecule has 0 aromatic heterocycles. The topological polar surface area (TPSA) is 69.6 Å². The summed E-state index contributed by atoms with van der Waals surface area (Å²) in [5.41, 5.74) is 0.861. The summed E-state index contributed by atoms with van der Waals surface area (Å²) in [5, 5.41) is 22.0. The molecule has 106 valence electrons. The monoisotopic (exact) mass is 283 g/mol. The quantitative estimate of drug-likeness (QED) is 0.646. The molecule has 2 atom stereocenters. The van der Waals surface area contributed by atoms with Crippen LogP contribution in [-0.2, 0) is 4.79 Å². The average molecular weight is 283 g/mol. The number of rotatable bonds is 9. The Bertz CT molecular complexity index is 372. The Morgan fingerprint density at radius 3 is 2.58 bits per heavy atom. The fourth-order valence-electron chi connectivity index (χ4n) is 1.78. The second-order valence-electron chi connectivity index (χ2n) is 4.34. The van der Waals surface area contributed by atoms with Gasteiger partial charge in [-0.05, 0) is 37.0 Å². The van der Waals surface area contributed by atoms with E-state index in [9.17, 15) is 9.90 Å². The minimum atomic E-state index is -0.830. The van der Waals surface area contributed by atoms with Gasteiger partial charge in [-0.25, -0.2) is 0 Å². The van der Waals surface area contributed by atoms with Gasteiger partial charge in [-0.1, -0.05) is 30.3 Å². The van der Waals surface area contributed by atoms with Crippen LogP contribution in [0.3, 0.4) is 0 Å². The first-order valence-electron chi connectivity index (χ1n) is 6.33. The summed E-state index contributed by atoms with van der Waals surface area (Å²) in [5.74, 6) is -0.0196. The maximum atomic E-state index is 11.0. The van der Waals surface area contributed by atoms with E-state index >= 15 is 0 Å². The molecule has 4 nitrogen and oxygen atoms in total. The summed E-state index contributed by atoms with van der Waals surface area (Å²) in [7, 11) is 0. The van der Waals surface area contributed by atoms with Gasteiger partial charge in [-0.3, -0.25) is 4.79 Å². The van der Waals surface area contributed by atoms with Crippen LogP contribution in [0.4, 0.5) is 0 Å². The number of aliphatic carboxylic acids is 1. The summed E-state index contributed by atoms with van der Waals surface area (Å²) >= 11 is 1.63. The lowest BCUT2D eigenvalue weighted by Gasteiger charge is -2.16. The zero-order valence-corrected chi connectivity index (χ0v) is 11.9. The van der Waals surface area contributed by atoms with Crippen LogP contribution < -0.4 is 5.32 Å². The molecule has 0 heterocycles. The van der Waals surface area contributed by atoms with Gasteiger partial charge in [-0.15, -0.1) is 0 Å². The molecule has 0 saturated heterocycles. The highest BCUT2D eigenvalue weighted by Gasteiger charge is 2.16. The van der Waals surface area contributed by atoms with Crippen LogP contribution in [0.15, 0.2) is 30.3 Å². The molecule has 0 aliphatic carbocycles. The molecule has 1 rings (SSSR count). The highest BCUT2D eigenvalue weighted by molar-refractivity contribution is 7.98. The van der Waals surface area contributed by atoms with Crippen LogP contribution in [0.1, 0.15) is 24.5 Å². The van der Waals surface area contributed by atoms with Gasteiger partial charge in [0.05, 0.1) is 6.10 Å². The molecule has 0 bridgehead atoms. The van der Waals surface area contributed by atoms with Gasteiger partial charge in [0, 0.05) is 0 Å². The number of thioether (sulfide) groups is 1. The smallest absolute Gasteiger partial charge is 0.320 e. The number of carbonyl (C=O) groups is 1. The van der Waals surface area contributed by atoms with Gasteiger partial charge in [0.15, 0.2) is 0 Å². The Labute approximate surface area is 118 Å². The molecular weight excluding hydrogens is 262 g/mol. The second kappa shape index (κ2) is 8.96. The molecule has 19 heavy (non-hydrogen) atoms. The van der Waals surface area contributed by atoms with E-state index in [1.807, 2.05) is 36.6 Å². The molecule has 0 unspecified atom stereocenters. The molecule has 3 N–H and O–H groups in total. The van der Waals surface area contributed by atoms with Gasteiger partial charge in [-0.2, -0.15) is 11.8 Å². The summed E-state index contributed by atoms with van der Waals surface area (Å²) in [4.78, 5) is 11.0. The van der Waals surface area contributed by atoms with Crippen LogP contribution in [-0.4, -0.2) is 40.8 Å². The fraction of sp³-hybridized carbons (Fsp3) is 0.500. The molecule has 1 aromatic carbocycles. The number of hydrogen-bond acceptors (Lipinski definition) is 4. The van der Waals surface area contributed by atoms with Crippen molar-refractivity contribution in [2.45, 2.75) is 25.0 Å². The minimum absolute atomic E-state index is 0.488. The molecular formula is C14H21NO3S. The van der Waals surface area contributed by atoms with Crippen molar-refractivity contribution in [1.29, 1.82) is 0 Å². The van der Waals surface area contributed by atoms with Crippen molar-refractivity contribution in [2.75, 3.05) is 18.6 Å². The number of hydrogen-bond donors (Lipinski definition) is 3. The summed E-state index contributed by atoms with van der Waals surface area (Å²) in [6, 6.07) is 8.86. The van der Waals surface area contributed by atoms with Gasteiger partial charge in [0.2, 0.25) is 0 Å². The van der Waals surface area contributed by atoms with Gasteiger partial charge >= 0.3 is 5.97 Å². The standard InChI is InChI=1S/C14H21NO3S/c1-19-10-8-12(14(17)18)15-9-7-13(16)11-5-3-2-4-6-11/h2-6,12-13,15-16H,7-10H2,1H3,(H,17,18)/t12-,13+/m1/s1. The van der Waals surface area contributed by atoms with Crippen LogP contribution >= 0.6 is 11.8 Å². The predicted octanol–water partition coefficient (Wildman–Crippen LogP) is 1.91. The lowest BCUT2D eigenvalue weighted by atomic mass is 10.1. The minimum Gasteiger partial charge on any atom is -0.480 e. The first-order chi connectivity index (χ1) is 9.15. The molecule has 0 aliphatic rings. The lowest BCUT2D eigenvalue weighted by Crippen LogP contribution is -2.38. The molecule has 0 amide bonds. The van der Waals surface area contributed by atoms with E-state index in [0.717, 1.165) is 11.3 Å². The van der Waals surface area contributed by atoms with E-state index in [2.05, 4.69) is 5.32 Å². The van der Waals surface area contributed by atoms with Crippen LogP contribution in [0.2, 0.25) is 0 Å². The van der Waals surface area contributed by atoms with E-state index in [1.165, 1.54) is 0 Å².